The van der Waals surface area contributed by atoms with E-state index >= 15 is 0 Å². The molecule has 3 N–H and O–H groups in total. The van der Waals surface area contributed by atoms with Gasteiger partial charge >= 0.3 is 0 Å². The molecule has 0 saturated carbocycles. The van der Waals surface area contributed by atoms with Gasteiger partial charge < -0.3 is 15.4 Å². The number of benzene rings is 1. The van der Waals surface area contributed by atoms with Crippen LogP contribution in [0.25, 0.3) is 0 Å². The Bertz CT molecular complexity index is 208. The van der Waals surface area contributed by atoms with Crippen LogP contribution in [0.15, 0.2) is 24.3 Å². The second kappa shape index (κ2) is 5.74. The standard InChI is InChI=1S/C6H7NO.C2H6OS/c7-5-2-1-3-6(8)4-5;1-4(2)3/h1-4,8H,7H2;1-2H3. The van der Waals surface area contributed by atoms with Gasteiger partial charge in [-0.1, -0.05) is 17.2 Å². The van der Waals surface area contributed by atoms with E-state index in [1.54, 1.807) is 30.7 Å². The average molecular weight is 187 g/mol. The highest BCUT2D eigenvalue weighted by atomic mass is 32.2. The maximum absolute atomic E-state index is 9.56. The number of hydrogen-bond acceptors (Lipinski definition) is 3. The van der Waals surface area contributed by atoms with E-state index < -0.39 is 11.2 Å². The summed E-state index contributed by atoms with van der Waals surface area (Å²) < 4.78 is 9.56. The molecule has 0 saturated heterocycles. The molecular formula is C8H13NO2S. The van der Waals surface area contributed by atoms with Crippen LogP contribution in [0, 0.1) is 0 Å². The zero-order chi connectivity index (χ0) is 9.56. The van der Waals surface area contributed by atoms with Gasteiger partial charge in [0.05, 0.1) is 12.5 Å². The van der Waals surface area contributed by atoms with Gasteiger partial charge in [-0.25, -0.2) is 0 Å². The lowest BCUT2D eigenvalue weighted by molar-refractivity contribution is 0.475. The average Bonchev–Trinajstić information content (AvgIpc) is 1.84. The number of aromatic hydroxyl groups is 1. The van der Waals surface area contributed by atoms with Crippen LogP contribution in [-0.4, -0.2) is 22.2 Å². The summed E-state index contributed by atoms with van der Waals surface area (Å²) in [5, 5.41) is 8.73. The molecule has 0 amide bonds. The van der Waals surface area contributed by atoms with Gasteiger partial charge in [0.25, 0.3) is 0 Å². The van der Waals surface area contributed by atoms with Gasteiger partial charge in [0.2, 0.25) is 0 Å². The van der Waals surface area contributed by atoms with Crippen molar-refractivity contribution in [3.8, 4) is 5.75 Å². The van der Waals surface area contributed by atoms with Gasteiger partial charge in [-0.3, -0.25) is 0 Å². The van der Waals surface area contributed by atoms with E-state index in [0.29, 0.717) is 5.69 Å². The Morgan fingerprint density at radius 1 is 1.42 bits per heavy atom. The molecule has 0 aliphatic rings. The molecule has 0 aromatic heterocycles. The first-order valence-electron chi connectivity index (χ1n) is 3.32. The Labute approximate surface area is 75.4 Å². The molecule has 68 valence electrons. The highest BCUT2D eigenvalue weighted by molar-refractivity contribution is 7.89. The normalized spacial score (nSPS) is 9.00. The summed E-state index contributed by atoms with van der Waals surface area (Å²) in [4.78, 5) is 0. The molecule has 1 aromatic rings. The van der Waals surface area contributed by atoms with Crippen molar-refractivity contribution in [1.82, 2.24) is 0 Å². The monoisotopic (exact) mass is 187 g/mol. The van der Waals surface area contributed by atoms with Crippen LogP contribution < -0.4 is 5.73 Å². The van der Waals surface area contributed by atoms with Crippen molar-refractivity contribution in [3.63, 3.8) is 0 Å². The number of phenols is 1. The Morgan fingerprint density at radius 2 is 1.92 bits per heavy atom. The summed E-state index contributed by atoms with van der Waals surface area (Å²) >= 11 is -0.611. The zero-order valence-corrected chi connectivity index (χ0v) is 7.97. The lowest BCUT2D eigenvalue weighted by Crippen LogP contribution is -1.86. The van der Waals surface area contributed by atoms with Crippen molar-refractivity contribution in [2.75, 3.05) is 18.2 Å². The summed E-state index contributed by atoms with van der Waals surface area (Å²) in [7, 11) is 0. The van der Waals surface area contributed by atoms with Gasteiger partial charge in [0.1, 0.15) is 5.75 Å². The fourth-order valence-electron chi connectivity index (χ4n) is 0.525. The van der Waals surface area contributed by atoms with Crippen LogP contribution in [-0.2, 0) is 11.2 Å². The van der Waals surface area contributed by atoms with Crippen LogP contribution in [0.3, 0.4) is 0 Å². The van der Waals surface area contributed by atoms with Gasteiger partial charge in [0, 0.05) is 11.8 Å². The van der Waals surface area contributed by atoms with Crippen LogP contribution in [0.5, 0.6) is 5.75 Å². The number of anilines is 1. The fourth-order valence-corrected chi connectivity index (χ4v) is 0.525. The first-order chi connectivity index (χ1) is 5.52. The molecule has 12 heavy (non-hydrogen) atoms. The summed E-state index contributed by atoms with van der Waals surface area (Å²) in [6.45, 7) is 0. The highest BCUT2D eigenvalue weighted by Gasteiger charge is 1.83. The summed E-state index contributed by atoms with van der Waals surface area (Å²) in [6, 6.07) is 6.50. The third kappa shape index (κ3) is 7.24. The lowest BCUT2D eigenvalue weighted by atomic mass is 10.3. The van der Waals surface area contributed by atoms with Crippen molar-refractivity contribution in [2.45, 2.75) is 0 Å². The minimum Gasteiger partial charge on any atom is -0.617 e. The van der Waals surface area contributed by atoms with E-state index in [4.69, 9.17) is 10.8 Å². The minimum absolute atomic E-state index is 0.213. The van der Waals surface area contributed by atoms with E-state index in [-0.39, 0.29) is 5.75 Å². The van der Waals surface area contributed by atoms with Crippen molar-refractivity contribution < 1.29 is 9.66 Å². The van der Waals surface area contributed by atoms with E-state index in [1.807, 2.05) is 0 Å². The molecule has 0 fully saturated rings. The summed E-state index contributed by atoms with van der Waals surface area (Å²) in [6.07, 6.45) is 3.28. The number of hydrogen-bond donors (Lipinski definition) is 2. The molecule has 0 unspecified atom stereocenters. The van der Waals surface area contributed by atoms with Crippen molar-refractivity contribution in [3.05, 3.63) is 24.3 Å². The molecular weight excluding hydrogens is 174 g/mol. The number of nitrogens with two attached hydrogens (primary N) is 1. The highest BCUT2D eigenvalue weighted by Crippen LogP contribution is 2.10. The topological polar surface area (TPSA) is 69.3 Å². The van der Waals surface area contributed by atoms with Gasteiger partial charge in [0.15, 0.2) is 0 Å². The van der Waals surface area contributed by atoms with E-state index in [2.05, 4.69) is 0 Å². The molecule has 0 spiro atoms. The van der Waals surface area contributed by atoms with Crippen LogP contribution in [0.2, 0.25) is 0 Å². The molecule has 1 rings (SSSR count). The molecule has 0 aliphatic carbocycles. The summed E-state index contributed by atoms with van der Waals surface area (Å²) in [5.74, 6) is 0.213. The fraction of sp³-hybridized carbons (Fsp3) is 0.250. The second-order valence-electron chi connectivity index (χ2n) is 2.34. The summed E-state index contributed by atoms with van der Waals surface area (Å²) in [5.41, 5.74) is 5.89. The maximum Gasteiger partial charge on any atom is 0.117 e. The third-order valence-electron chi connectivity index (χ3n) is 0.870. The predicted octanol–water partition coefficient (Wildman–Crippen LogP) is 0.969. The lowest BCUT2D eigenvalue weighted by Gasteiger charge is -1.90. The Kier molecular flexibility index (Phi) is 5.32. The van der Waals surface area contributed by atoms with E-state index in [9.17, 15) is 4.55 Å². The van der Waals surface area contributed by atoms with Gasteiger partial charge in [-0.05, 0) is 12.1 Å². The van der Waals surface area contributed by atoms with Crippen LogP contribution in [0.1, 0.15) is 0 Å². The Hall–Kier alpha value is -0.870. The Balaban J connectivity index is 0.000000261. The molecule has 1 aromatic carbocycles. The Morgan fingerprint density at radius 3 is 2.17 bits per heavy atom. The zero-order valence-electron chi connectivity index (χ0n) is 7.15. The predicted molar refractivity (Wildman–Crippen MR) is 52.5 cm³/mol. The molecule has 0 radical (unpaired) electrons. The molecule has 3 nitrogen and oxygen atoms in total. The van der Waals surface area contributed by atoms with Crippen LogP contribution >= 0.6 is 0 Å². The van der Waals surface area contributed by atoms with Crippen molar-refractivity contribution in [1.29, 1.82) is 0 Å². The maximum atomic E-state index is 9.56. The van der Waals surface area contributed by atoms with Crippen molar-refractivity contribution in [2.24, 2.45) is 0 Å². The van der Waals surface area contributed by atoms with Gasteiger partial charge in [-0.2, -0.15) is 0 Å². The number of nitrogen functional groups attached to an aromatic ring is 1. The molecule has 0 heterocycles. The first kappa shape index (κ1) is 11.1. The number of phenolic OH excluding ortho intramolecular Hbond substituents is 1. The van der Waals surface area contributed by atoms with Gasteiger partial charge in [-0.15, -0.1) is 0 Å². The smallest absolute Gasteiger partial charge is 0.117 e. The van der Waals surface area contributed by atoms with E-state index in [0.717, 1.165) is 0 Å². The quantitative estimate of drug-likeness (QED) is 0.469. The van der Waals surface area contributed by atoms with Crippen LogP contribution in [0.4, 0.5) is 5.69 Å². The van der Waals surface area contributed by atoms with Crippen molar-refractivity contribution >= 4 is 16.9 Å². The largest absolute Gasteiger partial charge is 0.617 e. The molecule has 4 heteroatoms. The minimum atomic E-state index is -0.611. The second-order valence-corrected chi connectivity index (χ2v) is 3.82. The molecule has 0 bridgehead atoms. The molecule has 0 atom stereocenters. The first-order valence-corrected chi connectivity index (χ1v) is 5.28. The number of rotatable bonds is 0. The molecule has 0 aliphatic heterocycles. The SMILES string of the molecule is C[S+](C)[O-].Nc1cccc(O)c1. The third-order valence-corrected chi connectivity index (χ3v) is 0.870. The van der Waals surface area contributed by atoms with E-state index in [1.165, 1.54) is 6.07 Å².